The number of nitrogens with zero attached hydrogens (tertiary/aromatic N) is 2. The van der Waals surface area contributed by atoms with Crippen LogP contribution >= 0.6 is 11.8 Å². The maximum Gasteiger partial charge on any atom is 0.333 e. The molecule has 134 valence electrons. The van der Waals surface area contributed by atoms with Crippen LogP contribution in [0.5, 0.6) is 0 Å². The Balaban J connectivity index is 1.58. The molecule has 0 radical (unpaired) electrons. The summed E-state index contributed by atoms with van der Waals surface area (Å²) in [5.74, 6) is -0.0595. The lowest BCUT2D eigenvalue weighted by atomic mass is 10.1. The largest absolute Gasteiger partial charge is 0.333 e. The van der Waals surface area contributed by atoms with Gasteiger partial charge >= 0.3 is 6.03 Å². The molecule has 2 saturated heterocycles. The molecule has 0 unspecified atom stereocenters. The Morgan fingerprint density at radius 3 is 2.59 bits per heavy atom. The highest BCUT2D eigenvalue weighted by Gasteiger charge is 2.53. The van der Waals surface area contributed by atoms with E-state index in [4.69, 9.17) is 0 Å². The third kappa shape index (κ3) is 2.44. The van der Waals surface area contributed by atoms with Crippen LogP contribution < -0.4 is 4.90 Å². The van der Waals surface area contributed by atoms with Gasteiger partial charge in [-0.15, -0.1) is 11.8 Å². The molecule has 3 amide bonds. The lowest BCUT2D eigenvalue weighted by molar-refractivity contribution is -0.119. The van der Waals surface area contributed by atoms with E-state index in [2.05, 4.69) is 0 Å². The Morgan fingerprint density at radius 2 is 1.74 bits per heavy atom. The van der Waals surface area contributed by atoms with Crippen LogP contribution in [0.2, 0.25) is 0 Å². The van der Waals surface area contributed by atoms with E-state index in [0.717, 1.165) is 10.8 Å². The van der Waals surface area contributed by atoms with E-state index in [1.165, 1.54) is 28.8 Å². The first-order chi connectivity index (χ1) is 13.1. The zero-order chi connectivity index (χ0) is 18.5. The lowest BCUT2D eigenvalue weighted by Crippen LogP contribution is -2.34. The van der Waals surface area contributed by atoms with E-state index in [1.54, 1.807) is 23.1 Å². The highest BCUT2D eigenvalue weighted by molar-refractivity contribution is 7.99. The van der Waals surface area contributed by atoms with Gasteiger partial charge in [-0.3, -0.25) is 9.69 Å². The van der Waals surface area contributed by atoms with Crippen LogP contribution in [0, 0.1) is 5.82 Å². The molecule has 27 heavy (non-hydrogen) atoms. The molecule has 0 saturated carbocycles. The second kappa shape index (κ2) is 6.09. The maximum absolute atomic E-state index is 13.7. The van der Waals surface area contributed by atoms with E-state index < -0.39 is 6.04 Å². The number of carbonyl (C=O) groups excluding carboxylic acids is 2. The predicted molar refractivity (Wildman–Crippen MR) is 104 cm³/mol. The number of thioether (sulfide) groups is 1. The normalized spacial score (nSPS) is 22.0. The molecule has 3 aromatic rings. The standard InChI is InChI=1S/C21H15FN2O2S/c22-15-8-3-7-14(11-15)20-24-18(12-27-20)19(25)23(21(24)26)17-10-4-6-13-5-1-2-9-16(13)17/h1-11,18,20H,12H2/t18-,20-/m1/s1. The lowest BCUT2D eigenvalue weighted by Gasteiger charge is -2.23. The molecule has 3 aromatic carbocycles. The quantitative estimate of drug-likeness (QED) is 0.614. The number of carbonyl (C=O) groups is 2. The number of urea groups is 1. The summed E-state index contributed by atoms with van der Waals surface area (Å²) in [6.07, 6.45) is 0. The van der Waals surface area contributed by atoms with Crippen LogP contribution in [0.1, 0.15) is 10.9 Å². The van der Waals surface area contributed by atoms with Gasteiger partial charge in [-0.1, -0.05) is 48.5 Å². The van der Waals surface area contributed by atoms with Gasteiger partial charge in [0.1, 0.15) is 17.2 Å². The SMILES string of the molecule is O=C1[C@H]2CS[C@H](c3cccc(F)c3)N2C(=O)N1c1cccc2ccccc12. The fourth-order valence-electron chi connectivity index (χ4n) is 3.83. The molecule has 4 nitrogen and oxygen atoms in total. The van der Waals surface area contributed by atoms with Crippen molar-refractivity contribution in [2.45, 2.75) is 11.4 Å². The molecular weight excluding hydrogens is 363 g/mol. The average molecular weight is 378 g/mol. The van der Waals surface area contributed by atoms with Crippen molar-refractivity contribution in [2.24, 2.45) is 0 Å². The highest BCUT2D eigenvalue weighted by Crippen LogP contribution is 2.46. The topological polar surface area (TPSA) is 40.6 Å². The fourth-order valence-corrected chi connectivity index (χ4v) is 5.24. The highest BCUT2D eigenvalue weighted by atomic mass is 32.2. The summed E-state index contributed by atoms with van der Waals surface area (Å²) >= 11 is 1.50. The predicted octanol–water partition coefficient (Wildman–Crippen LogP) is 4.56. The molecule has 5 rings (SSSR count). The Kier molecular flexibility index (Phi) is 3.68. The van der Waals surface area contributed by atoms with Crippen molar-refractivity contribution in [3.8, 4) is 0 Å². The Bertz CT molecular complexity index is 1080. The first kappa shape index (κ1) is 16.3. The second-order valence-corrected chi connectivity index (χ2v) is 7.73. The minimum atomic E-state index is -0.519. The molecule has 0 N–H and O–H groups in total. The summed E-state index contributed by atoms with van der Waals surface area (Å²) in [6, 6.07) is 18.6. The Labute approximate surface area is 159 Å². The van der Waals surface area contributed by atoms with Crippen molar-refractivity contribution < 1.29 is 14.0 Å². The van der Waals surface area contributed by atoms with Gasteiger partial charge in [-0.25, -0.2) is 14.1 Å². The van der Waals surface area contributed by atoms with Crippen LogP contribution in [0.25, 0.3) is 10.8 Å². The Hall–Kier alpha value is -2.86. The van der Waals surface area contributed by atoms with Crippen molar-refractivity contribution in [2.75, 3.05) is 10.7 Å². The number of rotatable bonds is 2. The molecule has 2 aliphatic heterocycles. The van der Waals surface area contributed by atoms with Gasteiger partial charge in [-0.2, -0.15) is 0 Å². The monoisotopic (exact) mass is 378 g/mol. The number of hydrogen-bond acceptors (Lipinski definition) is 3. The minimum Gasteiger partial charge on any atom is -0.295 e. The molecule has 0 bridgehead atoms. The summed E-state index contributed by atoms with van der Waals surface area (Å²) in [5.41, 5.74) is 1.30. The van der Waals surface area contributed by atoms with Gasteiger partial charge < -0.3 is 0 Å². The van der Waals surface area contributed by atoms with Crippen LogP contribution in [0.4, 0.5) is 14.9 Å². The van der Waals surface area contributed by atoms with Crippen LogP contribution in [-0.2, 0) is 4.79 Å². The zero-order valence-electron chi connectivity index (χ0n) is 14.2. The van der Waals surface area contributed by atoms with Crippen LogP contribution in [-0.4, -0.2) is 28.6 Å². The molecule has 2 aliphatic rings. The Morgan fingerprint density at radius 1 is 0.963 bits per heavy atom. The molecule has 0 aliphatic carbocycles. The summed E-state index contributed by atoms with van der Waals surface area (Å²) in [4.78, 5) is 29.2. The number of amides is 3. The third-order valence-electron chi connectivity index (χ3n) is 5.06. The van der Waals surface area contributed by atoms with Crippen molar-refractivity contribution in [3.05, 3.63) is 78.1 Å². The molecule has 0 aromatic heterocycles. The van der Waals surface area contributed by atoms with Gasteiger partial charge in [0.2, 0.25) is 0 Å². The molecule has 2 atom stereocenters. The van der Waals surface area contributed by atoms with Crippen molar-refractivity contribution >= 4 is 40.2 Å². The van der Waals surface area contributed by atoms with E-state index in [0.29, 0.717) is 17.0 Å². The molecule has 2 heterocycles. The number of hydrogen-bond donors (Lipinski definition) is 0. The van der Waals surface area contributed by atoms with E-state index >= 15 is 0 Å². The van der Waals surface area contributed by atoms with Gasteiger partial charge in [0, 0.05) is 11.1 Å². The van der Waals surface area contributed by atoms with E-state index in [-0.39, 0.29) is 23.1 Å². The van der Waals surface area contributed by atoms with Crippen LogP contribution in [0.3, 0.4) is 0 Å². The van der Waals surface area contributed by atoms with Gasteiger partial charge in [-0.05, 0) is 29.1 Å². The molecule has 0 spiro atoms. The first-order valence-corrected chi connectivity index (χ1v) is 9.71. The van der Waals surface area contributed by atoms with Crippen molar-refractivity contribution in [1.82, 2.24) is 4.90 Å². The van der Waals surface area contributed by atoms with Gasteiger partial charge in [0.15, 0.2) is 0 Å². The van der Waals surface area contributed by atoms with Gasteiger partial charge in [0.25, 0.3) is 5.91 Å². The summed E-state index contributed by atoms with van der Waals surface area (Å²) in [7, 11) is 0. The van der Waals surface area contributed by atoms with Crippen molar-refractivity contribution in [1.29, 1.82) is 0 Å². The first-order valence-electron chi connectivity index (χ1n) is 8.66. The maximum atomic E-state index is 13.7. The van der Waals surface area contributed by atoms with Crippen LogP contribution in [0.15, 0.2) is 66.7 Å². The molecule has 6 heteroatoms. The number of fused-ring (bicyclic) bond motifs is 2. The summed E-state index contributed by atoms with van der Waals surface area (Å²) < 4.78 is 13.7. The summed E-state index contributed by atoms with van der Waals surface area (Å²) in [6.45, 7) is 0. The minimum absolute atomic E-state index is 0.220. The molecule has 2 fully saturated rings. The number of benzene rings is 3. The second-order valence-electron chi connectivity index (χ2n) is 6.62. The van der Waals surface area contributed by atoms with Gasteiger partial charge in [0.05, 0.1) is 5.69 Å². The smallest absolute Gasteiger partial charge is 0.295 e. The molecular formula is C21H15FN2O2S. The third-order valence-corrected chi connectivity index (χ3v) is 6.38. The average Bonchev–Trinajstić information content (AvgIpc) is 3.22. The number of imide groups is 1. The van der Waals surface area contributed by atoms with E-state index in [9.17, 15) is 14.0 Å². The summed E-state index contributed by atoms with van der Waals surface area (Å²) in [5, 5.41) is 1.47. The van der Waals surface area contributed by atoms with Crippen molar-refractivity contribution in [3.63, 3.8) is 0 Å². The van der Waals surface area contributed by atoms with E-state index in [1.807, 2.05) is 36.4 Å². The zero-order valence-corrected chi connectivity index (χ0v) is 15.0. The fraction of sp³-hybridized carbons (Fsp3) is 0.143. The number of halogens is 1. The number of anilines is 1.